The average Bonchev–Trinajstić information content (AvgIpc) is 2.67. The second kappa shape index (κ2) is 5.66. The molecule has 2 atom stereocenters. The van der Waals surface area contributed by atoms with Crippen LogP contribution in [0.5, 0.6) is 0 Å². The molecule has 0 aromatic carbocycles. The summed E-state index contributed by atoms with van der Waals surface area (Å²) in [7, 11) is 0. The van der Waals surface area contributed by atoms with Gasteiger partial charge in [-0.05, 0) is 31.4 Å². The van der Waals surface area contributed by atoms with Crippen LogP contribution in [0.2, 0.25) is 0 Å². The fourth-order valence-corrected chi connectivity index (χ4v) is 1.34. The lowest BCUT2D eigenvalue weighted by Crippen LogP contribution is -2.31. The van der Waals surface area contributed by atoms with Gasteiger partial charge in [0.2, 0.25) is 0 Å². The van der Waals surface area contributed by atoms with E-state index in [1.54, 1.807) is 6.26 Å². The summed E-state index contributed by atoms with van der Waals surface area (Å²) in [4.78, 5) is 0. The van der Waals surface area contributed by atoms with E-state index < -0.39 is 0 Å². The van der Waals surface area contributed by atoms with Crippen LogP contribution in [0.15, 0.2) is 35.5 Å². The van der Waals surface area contributed by atoms with Gasteiger partial charge in [0.05, 0.1) is 12.8 Å². The summed E-state index contributed by atoms with van der Waals surface area (Å²) in [5.41, 5.74) is 0. The van der Waals surface area contributed by atoms with Crippen molar-refractivity contribution in [3.05, 3.63) is 36.8 Å². The van der Waals surface area contributed by atoms with Crippen LogP contribution in [0, 0.1) is 5.92 Å². The van der Waals surface area contributed by atoms with Gasteiger partial charge in [-0.25, -0.2) is 0 Å². The molecule has 1 aromatic heterocycles. The Morgan fingerprint density at radius 3 is 2.93 bits per heavy atom. The van der Waals surface area contributed by atoms with Gasteiger partial charge in [-0.3, -0.25) is 0 Å². The Balaban J connectivity index is 2.27. The van der Waals surface area contributed by atoms with E-state index in [9.17, 15) is 0 Å². The normalized spacial score (nSPS) is 15.0. The largest absolute Gasteiger partial charge is 0.468 e. The molecule has 2 nitrogen and oxygen atoms in total. The Morgan fingerprint density at radius 1 is 1.57 bits per heavy atom. The smallest absolute Gasteiger partial charge is 0.117 e. The van der Waals surface area contributed by atoms with E-state index >= 15 is 0 Å². The van der Waals surface area contributed by atoms with Crippen molar-refractivity contribution in [2.75, 3.05) is 0 Å². The highest BCUT2D eigenvalue weighted by atomic mass is 16.3. The summed E-state index contributed by atoms with van der Waals surface area (Å²) in [6.07, 6.45) is 4.72. The summed E-state index contributed by atoms with van der Waals surface area (Å²) in [5, 5.41) is 3.43. The van der Waals surface area contributed by atoms with Crippen molar-refractivity contribution < 1.29 is 4.42 Å². The van der Waals surface area contributed by atoms with Gasteiger partial charge in [-0.15, -0.1) is 6.58 Å². The van der Waals surface area contributed by atoms with Crippen molar-refractivity contribution in [1.29, 1.82) is 0 Å². The van der Waals surface area contributed by atoms with E-state index in [4.69, 9.17) is 4.42 Å². The predicted molar refractivity (Wildman–Crippen MR) is 59.0 cm³/mol. The van der Waals surface area contributed by atoms with Gasteiger partial charge >= 0.3 is 0 Å². The summed E-state index contributed by atoms with van der Waals surface area (Å²) in [6, 6.07) is 4.38. The van der Waals surface area contributed by atoms with Gasteiger partial charge in [0.15, 0.2) is 0 Å². The van der Waals surface area contributed by atoms with Crippen LogP contribution >= 0.6 is 0 Å². The monoisotopic (exact) mass is 193 g/mol. The molecule has 0 aliphatic heterocycles. The van der Waals surface area contributed by atoms with Crippen LogP contribution in [0.3, 0.4) is 0 Å². The molecule has 1 N–H and O–H groups in total. The topological polar surface area (TPSA) is 25.2 Å². The lowest BCUT2D eigenvalue weighted by molar-refractivity contribution is 0.379. The third-order valence-corrected chi connectivity index (χ3v) is 2.57. The molecule has 0 radical (unpaired) electrons. The third-order valence-electron chi connectivity index (χ3n) is 2.57. The molecule has 0 aliphatic rings. The van der Waals surface area contributed by atoms with Crippen molar-refractivity contribution in [2.45, 2.75) is 32.9 Å². The molecule has 0 spiro atoms. The molecule has 0 aliphatic carbocycles. The molecule has 2 unspecified atom stereocenters. The van der Waals surface area contributed by atoms with Crippen molar-refractivity contribution in [2.24, 2.45) is 5.92 Å². The quantitative estimate of drug-likeness (QED) is 0.703. The molecule has 78 valence electrons. The summed E-state index contributed by atoms with van der Waals surface area (Å²) in [6.45, 7) is 8.96. The Morgan fingerprint density at radius 2 is 2.36 bits per heavy atom. The second-order valence-corrected chi connectivity index (χ2v) is 3.75. The third kappa shape index (κ3) is 3.38. The van der Waals surface area contributed by atoms with E-state index in [-0.39, 0.29) is 0 Å². The minimum Gasteiger partial charge on any atom is -0.468 e. The van der Waals surface area contributed by atoms with Crippen LogP contribution in [0.1, 0.15) is 26.0 Å². The Labute approximate surface area is 86.0 Å². The van der Waals surface area contributed by atoms with E-state index in [0.717, 1.165) is 18.7 Å². The summed E-state index contributed by atoms with van der Waals surface area (Å²) >= 11 is 0. The lowest BCUT2D eigenvalue weighted by Gasteiger charge is -2.19. The number of hydrogen-bond donors (Lipinski definition) is 1. The molecule has 0 saturated heterocycles. The van der Waals surface area contributed by atoms with E-state index in [0.29, 0.717) is 12.0 Å². The maximum Gasteiger partial charge on any atom is 0.117 e. The summed E-state index contributed by atoms with van der Waals surface area (Å²) in [5.74, 6) is 1.60. The Bertz CT molecular complexity index is 253. The number of furan rings is 1. The first-order chi connectivity index (χ1) is 6.74. The first kappa shape index (κ1) is 11.1. The Hall–Kier alpha value is -1.02. The molecule has 2 heteroatoms. The zero-order valence-electron chi connectivity index (χ0n) is 8.99. The highest BCUT2D eigenvalue weighted by Gasteiger charge is 2.09. The molecule has 0 bridgehead atoms. The zero-order chi connectivity index (χ0) is 10.4. The minimum absolute atomic E-state index is 0.484. The predicted octanol–water partition coefficient (Wildman–Crippen LogP) is 2.97. The first-order valence-corrected chi connectivity index (χ1v) is 5.10. The fourth-order valence-electron chi connectivity index (χ4n) is 1.34. The summed E-state index contributed by atoms with van der Waals surface area (Å²) < 4.78 is 5.24. The fraction of sp³-hybridized carbons (Fsp3) is 0.500. The van der Waals surface area contributed by atoms with E-state index in [1.807, 2.05) is 18.2 Å². The maximum atomic E-state index is 5.24. The number of rotatable bonds is 6. The number of hydrogen-bond acceptors (Lipinski definition) is 2. The average molecular weight is 193 g/mol. The molecule has 0 fully saturated rings. The molecule has 14 heavy (non-hydrogen) atoms. The van der Waals surface area contributed by atoms with Gasteiger partial charge in [-0.1, -0.05) is 13.0 Å². The molecule has 1 heterocycles. The highest BCUT2D eigenvalue weighted by Crippen LogP contribution is 2.09. The molecule has 1 aromatic rings. The van der Waals surface area contributed by atoms with Crippen molar-refractivity contribution >= 4 is 0 Å². The van der Waals surface area contributed by atoms with Gasteiger partial charge in [0, 0.05) is 6.04 Å². The molecule has 0 saturated carbocycles. The van der Waals surface area contributed by atoms with Crippen molar-refractivity contribution in [3.63, 3.8) is 0 Å². The SMILES string of the molecule is C=CCC(C)C(C)NCc1ccco1. The van der Waals surface area contributed by atoms with Gasteiger partial charge in [0.25, 0.3) is 0 Å². The lowest BCUT2D eigenvalue weighted by atomic mass is 10.00. The molecule has 0 amide bonds. The van der Waals surface area contributed by atoms with E-state index in [1.165, 1.54) is 0 Å². The van der Waals surface area contributed by atoms with E-state index in [2.05, 4.69) is 25.7 Å². The minimum atomic E-state index is 0.484. The molecular weight excluding hydrogens is 174 g/mol. The van der Waals surface area contributed by atoms with Gasteiger partial charge in [0.1, 0.15) is 5.76 Å². The molecular formula is C12H19NO. The van der Waals surface area contributed by atoms with Gasteiger partial charge < -0.3 is 9.73 Å². The van der Waals surface area contributed by atoms with Crippen molar-refractivity contribution in [3.8, 4) is 0 Å². The van der Waals surface area contributed by atoms with Crippen LogP contribution in [-0.2, 0) is 6.54 Å². The van der Waals surface area contributed by atoms with Crippen LogP contribution in [0.4, 0.5) is 0 Å². The maximum absolute atomic E-state index is 5.24. The second-order valence-electron chi connectivity index (χ2n) is 3.75. The van der Waals surface area contributed by atoms with Gasteiger partial charge in [-0.2, -0.15) is 0 Å². The highest BCUT2D eigenvalue weighted by molar-refractivity contribution is 4.97. The molecule has 1 rings (SSSR count). The first-order valence-electron chi connectivity index (χ1n) is 5.10. The van der Waals surface area contributed by atoms with Crippen LogP contribution < -0.4 is 5.32 Å². The number of nitrogens with one attached hydrogen (secondary N) is 1. The van der Waals surface area contributed by atoms with Crippen molar-refractivity contribution in [1.82, 2.24) is 5.32 Å². The number of allylic oxidation sites excluding steroid dienone is 1. The Kier molecular flexibility index (Phi) is 4.47. The van der Waals surface area contributed by atoms with Crippen LogP contribution in [-0.4, -0.2) is 6.04 Å². The van der Waals surface area contributed by atoms with Crippen LogP contribution in [0.25, 0.3) is 0 Å². The zero-order valence-corrected chi connectivity index (χ0v) is 8.99. The standard InChI is InChI=1S/C12H19NO/c1-4-6-10(2)11(3)13-9-12-7-5-8-14-12/h4-5,7-8,10-11,13H,1,6,9H2,2-3H3.